The van der Waals surface area contributed by atoms with Gasteiger partial charge in [0.25, 0.3) is 0 Å². The highest BCUT2D eigenvalue weighted by Crippen LogP contribution is 2.27. The summed E-state index contributed by atoms with van der Waals surface area (Å²) in [6.07, 6.45) is 2.10. The van der Waals surface area contributed by atoms with Gasteiger partial charge in [-0.2, -0.15) is 0 Å². The van der Waals surface area contributed by atoms with Crippen LogP contribution in [0, 0.1) is 0 Å². The van der Waals surface area contributed by atoms with Gasteiger partial charge in [0.05, 0.1) is 0 Å². The van der Waals surface area contributed by atoms with E-state index in [1.54, 1.807) is 12.1 Å². The molecule has 0 fully saturated rings. The van der Waals surface area contributed by atoms with Crippen molar-refractivity contribution in [1.82, 2.24) is 0 Å². The van der Waals surface area contributed by atoms with Gasteiger partial charge in [-0.1, -0.05) is 63.1 Å². The predicted octanol–water partition coefficient (Wildman–Crippen LogP) is 3.48. The van der Waals surface area contributed by atoms with Gasteiger partial charge >= 0.3 is 0 Å². The summed E-state index contributed by atoms with van der Waals surface area (Å²) >= 11 is 0. The Kier molecular flexibility index (Phi) is 5.07. The first-order valence-electron chi connectivity index (χ1n) is 7.72. The molecule has 0 heterocycles. The normalized spacial score (nSPS) is 11.5. The molecular weight excluding hydrogens is 276 g/mol. The van der Waals surface area contributed by atoms with Crippen LogP contribution >= 0.6 is 0 Å². The lowest BCUT2D eigenvalue weighted by molar-refractivity contribution is 0.478. The molecule has 0 bridgehead atoms. The lowest BCUT2D eigenvalue weighted by Crippen LogP contribution is -2.58. The van der Waals surface area contributed by atoms with Crippen LogP contribution in [0.2, 0.25) is 12.1 Å². The highest BCUT2D eigenvalue weighted by Gasteiger charge is 2.39. The molecule has 2 rings (SSSR count). The molecule has 3 heteroatoms. The SMILES string of the molecule is CCC[Si](CCC)(c1ccccc1O)c1ccccc1O. The van der Waals surface area contributed by atoms with Crippen molar-refractivity contribution >= 4 is 18.4 Å². The third-order valence-corrected chi connectivity index (χ3v) is 9.81. The van der Waals surface area contributed by atoms with Gasteiger partial charge in [-0.3, -0.25) is 0 Å². The number of hydrogen-bond acceptors (Lipinski definition) is 2. The smallest absolute Gasteiger partial charge is 0.127 e. The zero-order valence-electron chi connectivity index (χ0n) is 12.8. The molecule has 0 unspecified atom stereocenters. The minimum Gasteiger partial charge on any atom is -0.508 e. The van der Waals surface area contributed by atoms with E-state index in [4.69, 9.17) is 0 Å². The first kappa shape index (κ1) is 15.6. The van der Waals surface area contributed by atoms with Gasteiger partial charge in [-0.15, -0.1) is 0 Å². The van der Waals surface area contributed by atoms with Gasteiger partial charge in [0.2, 0.25) is 0 Å². The van der Waals surface area contributed by atoms with E-state index in [1.807, 2.05) is 36.4 Å². The molecule has 0 aliphatic carbocycles. The molecule has 0 aromatic heterocycles. The largest absolute Gasteiger partial charge is 0.508 e. The molecule has 2 nitrogen and oxygen atoms in total. The van der Waals surface area contributed by atoms with Crippen LogP contribution in [0.5, 0.6) is 11.5 Å². The minimum absolute atomic E-state index is 0.370. The number of aromatic hydroxyl groups is 2. The van der Waals surface area contributed by atoms with Crippen LogP contribution < -0.4 is 10.4 Å². The number of phenols is 2. The third-order valence-electron chi connectivity index (χ3n) is 4.19. The van der Waals surface area contributed by atoms with E-state index in [1.165, 1.54) is 0 Å². The quantitative estimate of drug-likeness (QED) is 0.802. The molecule has 0 radical (unpaired) electrons. The first-order chi connectivity index (χ1) is 10.2. The molecule has 0 atom stereocenters. The van der Waals surface area contributed by atoms with Crippen LogP contribution in [-0.2, 0) is 0 Å². The van der Waals surface area contributed by atoms with E-state index >= 15 is 0 Å². The molecule has 0 aliphatic heterocycles. The second-order valence-electron chi connectivity index (χ2n) is 5.62. The fourth-order valence-corrected chi connectivity index (χ4v) is 8.72. The zero-order valence-corrected chi connectivity index (χ0v) is 13.8. The molecular formula is C18H24O2Si. The maximum absolute atomic E-state index is 10.4. The van der Waals surface area contributed by atoms with Gasteiger partial charge in [-0.25, -0.2) is 0 Å². The number of hydrogen-bond donors (Lipinski definition) is 2. The maximum Gasteiger partial charge on any atom is 0.127 e. The summed E-state index contributed by atoms with van der Waals surface area (Å²) in [5.74, 6) is 0.739. The fourth-order valence-electron chi connectivity index (χ4n) is 3.42. The van der Waals surface area contributed by atoms with Gasteiger partial charge in [-0.05, 0) is 34.6 Å². The lowest BCUT2D eigenvalue weighted by Gasteiger charge is -2.33. The number of para-hydroxylation sites is 2. The van der Waals surface area contributed by atoms with Crippen LogP contribution in [0.4, 0.5) is 0 Å². The molecule has 0 aliphatic rings. The second kappa shape index (κ2) is 6.81. The number of rotatable bonds is 6. The van der Waals surface area contributed by atoms with E-state index in [2.05, 4.69) is 13.8 Å². The average molecular weight is 300 g/mol. The third kappa shape index (κ3) is 2.98. The summed E-state index contributed by atoms with van der Waals surface area (Å²) in [6, 6.07) is 17.4. The molecule has 2 aromatic carbocycles. The Hall–Kier alpha value is -1.74. The Balaban J connectivity index is 2.69. The zero-order chi connectivity index (χ0) is 15.3. The Morgan fingerprint density at radius 1 is 0.714 bits per heavy atom. The Bertz CT molecular complexity index is 542. The van der Waals surface area contributed by atoms with Crippen molar-refractivity contribution < 1.29 is 10.2 Å². The summed E-state index contributed by atoms with van der Waals surface area (Å²) in [5.41, 5.74) is 0. The minimum atomic E-state index is -2.14. The van der Waals surface area contributed by atoms with Crippen LogP contribution in [0.15, 0.2) is 48.5 Å². The number of benzene rings is 2. The summed E-state index contributed by atoms with van der Waals surface area (Å²) in [6.45, 7) is 4.36. The first-order valence-corrected chi connectivity index (χ1v) is 10.1. The Labute approximate surface area is 128 Å². The molecule has 0 saturated heterocycles. The van der Waals surface area contributed by atoms with Gasteiger partial charge < -0.3 is 10.2 Å². The Morgan fingerprint density at radius 2 is 1.10 bits per heavy atom. The van der Waals surface area contributed by atoms with Crippen LogP contribution in [0.3, 0.4) is 0 Å². The molecule has 21 heavy (non-hydrogen) atoms. The molecule has 2 N–H and O–H groups in total. The topological polar surface area (TPSA) is 40.5 Å². The van der Waals surface area contributed by atoms with Crippen LogP contribution in [-0.4, -0.2) is 18.3 Å². The summed E-state index contributed by atoms with van der Waals surface area (Å²) in [7, 11) is -2.14. The molecule has 0 saturated carbocycles. The summed E-state index contributed by atoms with van der Waals surface area (Å²) in [4.78, 5) is 0. The van der Waals surface area contributed by atoms with E-state index in [9.17, 15) is 10.2 Å². The highest BCUT2D eigenvalue weighted by molar-refractivity contribution is 7.03. The monoisotopic (exact) mass is 300 g/mol. The van der Waals surface area contributed by atoms with Crippen molar-refractivity contribution in [1.29, 1.82) is 0 Å². The van der Waals surface area contributed by atoms with Crippen molar-refractivity contribution in [2.24, 2.45) is 0 Å². The fraction of sp³-hybridized carbons (Fsp3) is 0.333. The van der Waals surface area contributed by atoms with Crippen LogP contribution in [0.25, 0.3) is 0 Å². The van der Waals surface area contributed by atoms with Crippen molar-refractivity contribution in [2.45, 2.75) is 38.8 Å². The van der Waals surface area contributed by atoms with Crippen LogP contribution in [0.1, 0.15) is 26.7 Å². The molecule has 2 aromatic rings. The van der Waals surface area contributed by atoms with Crippen molar-refractivity contribution in [3.8, 4) is 11.5 Å². The predicted molar refractivity (Wildman–Crippen MR) is 91.4 cm³/mol. The number of phenolic OH excluding ortho intramolecular Hbond substituents is 2. The molecule has 0 amide bonds. The molecule has 112 valence electrons. The van der Waals surface area contributed by atoms with Gasteiger partial charge in [0.1, 0.15) is 19.6 Å². The van der Waals surface area contributed by atoms with E-state index in [0.29, 0.717) is 11.5 Å². The second-order valence-corrected chi connectivity index (χ2v) is 9.86. The molecule has 0 spiro atoms. The standard InChI is InChI=1S/C18H24O2Si/c1-3-13-21(14-4-2,17-11-7-5-9-15(17)19)18-12-8-6-10-16(18)20/h5-12,19-20H,3-4,13-14H2,1-2H3. The summed E-state index contributed by atoms with van der Waals surface area (Å²) < 4.78 is 0. The lowest BCUT2D eigenvalue weighted by atomic mass is 10.3. The van der Waals surface area contributed by atoms with Crippen molar-refractivity contribution in [2.75, 3.05) is 0 Å². The van der Waals surface area contributed by atoms with E-state index in [-0.39, 0.29) is 0 Å². The maximum atomic E-state index is 10.4. The van der Waals surface area contributed by atoms with Gasteiger partial charge in [0.15, 0.2) is 0 Å². The van der Waals surface area contributed by atoms with Gasteiger partial charge in [0, 0.05) is 0 Å². The highest BCUT2D eigenvalue weighted by atomic mass is 28.3. The van der Waals surface area contributed by atoms with Crippen molar-refractivity contribution in [3.05, 3.63) is 48.5 Å². The van der Waals surface area contributed by atoms with E-state index < -0.39 is 8.07 Å². The summed E-state index contributed by atoms with van der Waals surface area (Å²) in [5, 5.41) is 22.9. The average Bonchev–Trinajstić information content (AvgIpc) is 2.48. The van der Waals surface area contributed by atoms with E-state index in [0.717, 1.165) is 35.3 Å². The van der Waals surface area contributed by atoms with Crippen molar-refractivity contribution in [3.63, 3.8) is 0 Å². The Morgan fingerprint density at radius 3 is 1.43 bits per heavy atom.